The largest absolute Gasteiger partial charge is 0.236 e. The Bertz CT molecular complexity index is 563. The van der Waals surface area contributed by atoms with Crippen LogP contribution in [0.3, 0.4) is 0 Å². The summed E-state index contributed by atoms with van der Waals surface area (Å²) in [6.07, 6.45) is 3.11. The molecule has 0 amide bonds. The molecule has 0 saturated carbocycles. The van der Waals surface area contributed by atoms with Crippen LogP contribution < -0.4 is 0 Å². The van der Waals surface area contributed by atoms with Crippen LogP contribution in [-0.4, -0.2) is 14.8 Å². The summed E-state index contributed by atoms with van der Waals surface area (Å²) in [5, 5.41) is 13.8. The highest BCUT2D eigenvalue weighted by Crippen LogP contribution is 2.23. The molecule has 0 aliphatic rings. The Morgan fingerprint density at radius 1 is 1.44 bits per heavy atom. The van der Waals surface area contributed by atoms with Crippen molar-refractivity contribution in [2.75, 3.05) is 0 Å². The van der Waals surface area contributed by atoms with E-state index in [1.807, 2.05) is 6.07 Å². The molecule has 4 nitrogen and oxygen atoms in total. The monoisotopic (exact) mass is 252 g/mol. The van der Waals surface area contributed by atoms with Crippen LogP contribution in [0.2, 0.25) is 10.0 Å². The second-order valence-electron chi connectivity index (χ2n) is 3.11. The lowest BCUT2D eigenvalue weighted by atomic mass is 10.3. The van der Waals surface area contributed by atoms with Crippen LogP contribution in [0.25, 0.3) is 5.82 Å². The summed E-state index contributed by atoms with van der Waals surface area (Å²) >= 11 is 11.9. The first-order valence-corrected chi connectivity index (χ1v) is 5.16. The topological polar surface area (TPSA) is 54.5 Å². The van der Waals surface area contributed by atoms with Crippen molar-refractivity contribution in [2.45, 2.75) is 6.92 Å². The van der Waals surface area contributed by atoms with E-state index in [9.17, 15) is 0 Å². The average molecular weight is 253 g/mol. The van der Waals surface area contributed by atoms with Crippen molar-refractivity contribution < 1.29 is 0 Å². The van der Waals surface area contributed by atoms with Crippen LogP contribution in [0, 0.1) is 18.3 Å². The van der Waals surface area contributed by atoms with Crippen molar-refractivity contribution in [3.8, 4) is 11.9 Å². The fourth-order valence-corrected chi connectivity index (χ4v) is 1.60. The zero-order valence-corrected chi connectivity index (χ0v) is 9.79. The zero-order valence-electron chi connectivity index (χ0n) is 8.28. The van der Waals surface area contributed by atoms with E-state index in [1.54, 1.807) is 19.2 Å². The Hall–Kier alpha value is -1.57. The average Bonchev–Trinajstić information content (AvgIpc) is 2.59. The van der Waals surface area contributed by atoms with Gasteiger partial charge in [0.05, 0.1) is 22.5 Å². The van der Waals surface area contributed by atoms with Gasteiger partial charge in [-0.2, -0.15) is 10.4 Å². The number of aryl methyl sites for hydroxylation is 1. The molecule has 16 heavy (non-hydrogen) atoms. The maximum Gasteiger partial charge on any atom is 0.173 e. The highest BCUT2D eigenvalue weighted by molar-refractivity contribution is 6.33. The maximum absolute atomic E-state index is 8.83. The van der Waals surface area contributed by atoms with Gasteiger partial charge in [-0.1, -0.05) is 23.2 Å². The molecule has 6 heteroatoms. The molecule has 0 unspecified atom stereocenters. The van der Waals surface area contributed by atoms with Gasteiger partial charge >= 0.3 is 0 Å². The molecule has 0 aliphatic carbocycles. The van der Waals surface area contributed by atoms with Gasteiger partial charge in [-0.05, 0) is 13.0 Å². The van der Waals surface area contributed by atoms with Crippen LogP contribution in [0.1, 0.15) is 11.3 Å². The van der Waals surface area contributed by atoms with Crippen molar-refractivity contribution in [3.05, 3.63) is 39.8 Å². The van der Waals surface area contributed by atoms with E-state index in [1.165, 1.54) is 10.9 Å². The zero-order chi connectivity index (χ0) is 11.7. The minimum atomic E-state index is 0.268. The predicted octanol–water partition coefficient (Wildman–Crippen LogP) is 2.75. The molecule has 2 aromatic rings. The first-order chi connectivity index (χ1) is 7.63. The van der Waals surface area contributed by atoms with E-state index >= 15 is 0 Å². The number of rotatable bonds is 1. The summed E-state index contributed by atoms with van der Waals surface area (Å²) in [4.78, 5) is 4.07. The molecule has 0 radical (unpaired) electrons. The number of nitrogens with zero attached hydrogens (tertiary/aromatic N) is 4. The highest BCUT2D eigenvalue weighted by atomic mass is 35.5. The standard InChI is InChI=1S/C10H6Cl2N4/c1-6-8(11)5-16(15-6)10-9(12)7(4-13)2-3-14-10/h2-3,5H,1H3. The Morgan fingerprint density at radius 2 is 2.19 bits per heavy atom. The van der Waals surface area contributed by atoms with Crippen molar-refractivity contribution in [1.82, 2.24) is 14.8 Å². The van der Waals surface area contributed by atoms with Gasteiger partial charge < -0.3 is 0 Å². The van der Waals surface area contributed by atoms with Crippen molar-refractivity contribution >= 4 is 23.2 Å². The number of pyridine rings is 1. The van der Waals surface area contributed by atoms with Gasteiger partial charge in [0, 0.05) is 6.20 Å². The van der Waals surface area contributed by atoms with Crippen LogP contribution in [0.15, 0.2) is 18.5 Å². The van der Waals surface area contributed by atoms with Gasteiger partial charge in [0.25, 0.3) is 0 Å². The Labute approximate surface area is 102 Å². The molecule has 0 saturated heterocycles. The van der Waals surface area contributed by atoms with Gasteiger partial charge in [-0.15, -0.1) is 0 Å². The number of nitriles is 1. The Morgan fingerprint density at radius 3 is 2.75 bits per heavy atom. The predicted molar refractivity (Wildman–Crippen MR) is 60.8 cm³/mol. The molecule has 2 rings (SSSR count). The highest BCUT2D eigenvalue weighted by Gasteiger charge is 2.11. The van der Waals surface area contributed by atoms with Crippen LogP contribution in [0.5, 0.6) is 0 Å². The molecular formula is C10H6Cl2N4. The minimum absolute atomic E-state index is 0.268. The molecule has 0 bridgehead atoms. The number of hydrogen-bond donors (Lipinski definition) is 0. The Balaban J connectivity index is 2.61. The second kappa shape index (κ2) is 4.12. The summed E-state index contributed by atoms with van der Waals surface area (Å²) < 4.78 is 1.46. The minimum Gasteiger partial charge on any atom is -0.236 e. The van der Waals surface area contributed by atoms with Gasteiger partial charge in [-0.3, -0.25) is 0 Å². The second-order valence-corrected chi connectivity index (χ2v) is 3.90. The van der Waals surface area contributed by atoms with Crippen LogP contribution in [0.4, 0.5) is 0 Å². The van der Waals surface area contributed by atoms with Crippen molar-refractivity contribution in [2.24, 2.45) is 0 Å². The third-order valence-electron chi connectivity index (χ3n) is 2.05. The normalized spacial score (nSPS) is 10.1. The fraction of sp³-hybridized carbons (Fsp3) is 0.100. The van der Waals surface area contributed by atoms with E-state index in [4.69, 9.17) is 28.5 Å². The summed E-state index contributed by atoms with van der Waals surface area (Å²) in [5.41, 5.74) is 1.04. The summed E-state index contributed by atoms with van der Waals surface area (Å²) in [5.74, 6) is 0.399. The molecule has 0 aliphatic heterocycles. The molecule has 2 aromatic heterocycles. The first kappa shape index (κ1) is 10.9. The van der Waals surface area contributed by atoms with Gasteiger partial charge in [0.2, 0.25) is 0 Å². The van der Waals surface area contributed by atoms with Crippen LogP contribution >= 0.6 is 23.2 Å². The molecule has 2 heterocycles. The lowest BCUT2D eigenvalue weighted by Gasteiger charge is -2.03. The molecule has 0 atom stereocenters. The maximum atomic E-state index is 8.83. The van der Waals surface area contributed by atoms with Gasteiger partial charge in [0.15, 0.2) is 5.82 Å². The molecule has 80 valence electrons. The third-order valence-corrected chi connectivity index (χ3v) is 2.79. The van der Waals surface area contributed by atoms with E-state index in [0.717, 1.165) is 0 Å². The van der Waals surface area contributed by atoms with Crippen LogP contribution in [-0.2, 0) is 0 Å². The summed E-state index contributed by atoms with van der Waals surface area (Å²) in [6.45, 7) is 1.78. The quantitative estimate of drug-likeness (QED) is 0.785. The number of aromatic nitrogens is 3. The molecule has 0 aromatic carbocycles. The molecule has 0 spiro atoms. The number of hydrogen-bond acceptors (Lipinski definition) is 3. The molecule has 0 fully saturated rings. The first-order valence-electron chi connectivity index (χ1n) is 4.40. The van der Waals surface area contributed by atoms with Crippen molar-refractivity contribution in [3.63, 3.8) is 0 Å². The van der Waals surface area contributed by atoms with E-state index < -0.39 is 0 Å². The molecule has 0 N–H and O–H groups in total. The van der Waals surface area contributed by atoms with E-state index in [-0.39, 0.29) is 5.02 Å². The lowest BCUT2D eigenvalue weighted by molar-refractivity contribution is 0.832. The van der Waals surface area contributed by atoms with E-state index in [0.29, 0.717) is 22.1 Å². The number of halogens is 2. The lowest BCUT2D eigenvalue weighted by Crippen LogP contribution is -2.00. The smallest absolute Gasteiger partial charge is 0.173 e. The molecular weight excluding hydrogens is 247 g/mol. The van der Waals surface area contributed by atoms with Gasteiger partial charge in [-0.25, -0.2) is 9.67 Å². The summed E-state index contributed by atoms with van der Waals surface area (Å²) in [6, 6.07) is 3.53. The third kappa shape index (κ3) is 1.75. The Kier molecular flexibility index (Phi) is 2.82. The van der Waals surface area contributed by atoms with Gasteiger partial charge in [0.1, 0.15) is 11.1 Å². The fourth-order valence-electron chi connectivity index (χ4n) is 1.23. The van der Waals surface area contributed by atoms with Crippen molar-refractivity contribution in [1.29, 1.82) is 5.26 Å². The van der Waals surface area contributed by atoms with E-state index in [2.05, 4.69) is 10.1 Å². The SMILES string of the molecule is Cc1nn(-c2nccc(C#N)c2Cl)cc1Cl. The summed E-state index contributed by atoms with van der Waals surface area (Å²) in [7, 11) is 0.